The Balaban J connectivity index is 1.52. The van der Waals surface area contributed by atoms with E-state index in [9.17, 15) is 13.2 Å². The second-order valence-electron chi connectivity index (χ2n) is 9.90. The Hall–Kier alpha value is -1.85. The van der Waals surface area contributed by atoms with Gasteiger partial charge in [0, 0.05) is 11.0 Å². The second kappa shape index (κ2) is 5.15. The minimum Gasteiger partial charge on any atom is -0.420 e. The van der Waals surface area contributed by atoms with E-state index in [-0.39, 0.29) is 11.3 Å². The van der Waals surface area contributed by atoms with E-state index in [2.05, 4.69) is 24.0 Å². The van der Waals surface area contributed by atoms with Gasteiger partial charge < -0.3 is 4.42 Å². The van der Waals surface area contributed by atoms with Gasteiger partial charge >= 0.3 is 6.18 Å². The Morgan fingerprint density at radius 1 is 1.00 bits per heavy atom. The number of nitrogens with zero attached hydrogens (tertiary/aromatic N) is 2. The van der Waals surface area contributed by atoms with Crippen molar-refractivity contribution in [2.75, 3.05) is 0 Å². The molecule has 0 amide bonds. The van der Waals surface area contributed by atoms with Crippen LogP contribution in [0.1, 0.15) is 63.8 Å². The molecule has 4 aliphatic carbocycles. The van der Waals surface area contributed by atoms with Crippen molar-refractivity contribution in [2.45, 2.75) is 64.0 Å². The van der Waals surface area contributed by atoms with Gasteiger partial charge in [0.15, 0.2) is 0 Å². The summed E-state index contributed by atoms with van der Waals surface area (Å²) < 4.78 is 45.1. The van der Waals surface area contributed by atoms with Gasteiger partial charge in [0.2, 0.25) is 11.8 Å². The van der Waals surface area contributed by atoms with E-state index in [4.69, 9.17) is 4.42 Å². The van der Waals surface area contributed by atoms with Crippen molar-refractivity contribution >= 4 is 0 Å². The summed E-state index contributed by atoms with van der Waals surface area (Å²) in [6.45, 7) is 4.74. The number of hydrogen-bond donors (Lipinski definition) is 0. The van der Waals surface area contributed by atoms with Crippen LogP contribution in [0.2, 0.25) is 0 Å². The number of aromatic nitrogens is 2. The summed E-state index contributed by atoms with van der Waals surface area (Å²) in [6.07, 6.45) is 2.52. The van der Waals surface area contributed by atoms with Crippen molar-refractivity contribution in [2.24, 2.45) is 16.7 Å². The molecule has 0 radical (unpaired) electrons. The molecular weight excluding hydrogens is 353 g/mol. The fraction of sp³-hybridized carbons (Fsp3) is 0.619. The van der Waals surface area contributed by atoms with Crippen LogP contribution in [0.5, 0.6) is 0 Å². The molecule has 3 nitrogen and oxygen atoms in total. The highest BCUT2D eigenvalue weighted by atomic mass is 19.4. The van der Waals surface area contributed by atoms with Crippen LogP contribution in [0.3, 0.4) is 0 Å². The molecule has 4 bridgehead atoms. The SMILES string of the molecule is CC12CC3CC(C)(C1)CC(c1nnc(-c4cccc(C(F)(F)F)c4)o1)(C3)C2. The molecular formula is C21H23F3N2O. The zero-order valence-corrected chi connectivity index (χ0v) is 15.6. The molecule has 6 heteroatoms. The number of hydrogen-bond acceptors (Lipinski definition) is 3. The van der Waals surface area contributed by atoms with Gasteiger partial charge in [-0.1, -0.05) is 19.9 Å². The first-order valence-electron chi connectivity index (χ1n) is 9.60. The van der Waals surface area contributed by atoms with Gasteiger partial charge in [-0.15, -0.1) is 10.2 Å². The smallest absolute Gasteiger partial charge is 0.416 e. The Morgan fingerprint density at radius 3 is 2.33 bits per heavy atom. The second-order valence-corrected chi connectivity index (χ2v) is 9.90. The molecule has 2 unspecified atom stereocenters. The average Bonchev–Trinajstić information content (AvgIpc) is 3.01. The van der Waals surface area contributed by atoms with Gasteiger partial charge in [0.25, 0.3) is 0 Å². The molecule has 4 aliphatic rings. The minimum absolute atomic E-state index is 0.115. The number of benzene rings is 1. The van der Waals surface area contributed by atoms with Crippen LogP contribution in [-0.4, -0.2) is 10.2 Å². The Labute approximate surface area is 156 Å². The third-order valence-electron chi connectivity index (χ3n) is 6.94. The molecule has 0 aliphatic heterocycles. The molecule has 1 aromatic carbocycles. The predicted molar refractivity (Wildman–Crippen MR) is 93.8 cm³/mol. The maximum Gasteiger partial charge on any atom is 0.416 e. The molecule has 1 aromatic heterocycles. The van der Waals surface area contributed by atoms with Crippen molar-refractivity contribution in [3.8, 4) is 11.5 Å². The summed E-state index contributed by atoms with van der Waals surface area (Å²) in [4.78, 5) is 0. The summed E-state index contributed by atoms with van der Waals surface area (Å²) in [5.74, 6) is 1.48. The molecule has 2 atom stereocenters. The summed E-state index contributed by atoms with van der Waals surface area (Å²) in [5, 5.41) is 8.47. The van der Waals surface area contributed by atoms with Gasteiger partial charge in [0.1, 0.15) is 0 Å². The molecule has 144 valence electrons. The Bertz CT molecular complexity index is 885. The van der Waals surface area contributed by atoms with Crippen LogP contribution < -0.4 is 0 Å². The van der Waals surface area contributed by atoms with E-state index >= 15 is 0 Å². The maximum absolute atomic E-state index is 13.0. The van der Waals surface area contributed by atoms with Crippen LogP contribution in [0.25, 0.3) is 11.5 Å². The van der Waals surface area contributed by atoms with Crippen molar-refractivity contribution in [3.05, 3.63) is 35.7 Å². The molecule has 4 saturated carbocycles. The minimum atomic E-state index is -4.39. The molecule has 4 fully saturated rings. The van der Waals surface area contributed by atoms with Crippen molar-refractivity contribution in [1.29, 1.82) is 0 Å². The first-order chi connectivity index (χ1) is 12.6. The van der Waals surface area contributed by atoms with Gasteiger partial charge in [-0.3, -0.25) is 0 Å². The van der Waals surface area contributed by atoms with E-state index in [1.807, 2.05) is 0 Å². The Morgan fingerprint density at radius 2 is 1.70 bits per heavy atom. The van der Waals surface area contributed by atoms with Gasteiger partial charge in [0.05, 0.1) is 5.56 Å². The lowest BCUT2D eigenvalue weighted by Crippen LogP contribution is -2.57. The largest absolute Gasteiger partial charge is 0.420 e. The van der Waals surface area contributed by atoms with E-state index in [1.54, 1.807) is 6.07 Å². The van der Waals surface area contributed by atoms with Crippen LogP contribution in [0, 0.1) is 16.7 Å². The first-order valence-corrected chi connectivity index (χ1v) is 9.60. The van der Waals surface area contributed by atoms with E-state index in [1.165, 1.54) is 25.3 Å². The maximum atomic E-state index is 13.0. The molecule has 0 spiro atoms. The number of halogens is 3. The standard InChI is InChI=1S/C21H23F3N2O/c1-18-7-13-8-19(2,10-18)12-20(9-13,11-18)17-26-25-16(27-17)14-4-3-5-15(6-14)21(22,23)24/h3-6,13H,7-12H2,1-2H3. The monoisotopic (exact) mass is 376 g/mol. The predicted octanol–water partition coefficient (Wildman–Crippen LogP) is 6.00. The molecule has 2 aromatic rings. The van der Waals surface area contributed by atoms with E-state index in [0.717, 1.165) is 31.4 Å². The normalized spacial score (nSPS) is 37.7. The number of rotatable bonds is 2. The molecule has 27 heavy (non-hydrogen) atoms. The molecule has 0 saturated heterocycles. The third-order valence-corrected chi connectivity index (χ3v) is 6.94. The lowest BCUT2D eigenvalue weighted by Gasteiger charge is -2.64. The summed E-state index contributed by atoms with van der Waals surface area (Å²) in [5.41, 5.74) is 0.119. The van der Waals surface area contributed by atoms with Crippen molar-refractivity contribution in [3.63, 3.8) is 0 Å². The lowest BCUT2D eigenvalue weighted by molar-refractivity contribution is -0.137. The fourth-order valence-electron chi connectivity index (χ4n) is 7.07. The lowest BCUT2D eigenvalue weighted by atomic mass is 9.40. The average molecular weight is 376 g/mol. The van der Waals surface area contributed by atoms with E-state index < -0.39 is 11.7 Å². The zero-order chi connectivity index (χ0) is 19.1. The molecule has 1 heterocycles. The quantitative estimate of drug-likeness (QED) is 0.645. The molecule has 0 N–H and O–H groups in total. The summed E-state index contributed by atoms with van der Waals surface area (Å²) in [7, 11) is 0. The highest BCUT2D eigenvalue weighted by Gasteiger charge is 2.62. The Kier molecular flexibility index (Phi) is 3.29. The zero-order valence-electron chi connectivity index (χ0n) is 15.6. The third kappa shape index (κ3) is 2.71. The van der Waals surface area contributed by atoms with Crippen LogP contribution >= 0.6 is 0 Å². The highest BCUT2D eigenvalue weighted by Crippen LogP contribution is 2.69. The number of alkyl halides is 3. The van der Waals surface area contributed by atoms with Gasteiger partial charge in [-0.05, 0) is 73.5 Å². The van der Waals surface area contributed by atoms with Crippen LogP contribution in [-0.2, 0) is 11.6 Å². The van der Waals surface area contributed by atoms with Crippen LogP contribution in [0.15, 0.2) is 28.7 Å². The van der Waals surface area contributed by atoms with Crippen molar-refractivity contribution in [1.82, 2.24) is 10.2 Å². The molecule has 6 rings (SSSR count). The summed E-state index contributed by atoms with van der Waals surface area (Å²) >= 11 is 0. The van der Waals surface area contributed by atoms with Gasteiger partial charge in [-0.25, -0.2) is 0 Å². The van der Waals surface area contributed by atoms with E-state index in [0.29, 0.717) is 28.2 Å². The first kappa shape index (κ1) is 17.3. The van der Waals surface area contributed by atoms with Crippen molar-refractivity contribution < 1.29 is 17.6 Å². The highest BCUT2D eigenvalue weighted by molar-refractivity contribution is 5.54. The van der Waals surface area contributed by atoms with Crippen LogP contribution in [0.4, 0.5) is 13.2 Å². The topological polar surface area (TPSA) is 38.9 Å². The fourth-order valence-corrected chi connectivity index (χ4v) is 7.07. The van der Waals surface area contributed by atoms with Gasteiger partial charge in [-0.2, -0.15) is 13.2 Å². The summed E-state index contributed by atoms with van der Waals surface area (Å²) in [6, 6.07) is 5.12.